The molecule has 0 aromatic heterocycles. The fourth-order valence-electron chi connectivity index (χ4n) is 2.41. The van der Waals surface area contributed by atoms with Crippen LogP contribution in [0.1, 0.15) is 31.4 Å². The van der Waals surface area contributed by atoms with Crippen molar-refractivity contribution >= 4 is 27.5 Å². The van der Waals surface area contributed by atoms with E-state index in [0.29, 0.717) is 6.42 Å². The van der Waals surface area contributed by atoms with E-state index in [0.717, 1.165) is 22.6 Å². The Morgan fingerprint density at radius 2 is 1.72 bits per heavy atom. The maximum atomic E-state index is 12.2. The van der Waals surface area contributed by atoms with Crippen LogP contribution in [-0.2, 0) is 14.6 Å². The number of sulfone groups is 1. The van der Waals surface area contributed by atoms with Crippen molar-refractivity contribution in [3.05, 3.63) is 60.2 Å². The molecule has 0 aliphatic carbocycles. The minimum Gasteiger partial charge on any atom is -0.349 e. The Labute approximate surface area is 154 Å². The van der Waals surface area contributed by atoms with Crippen LogP contribution in [0.4, 0.5) is 0 Å². The van der Waals surface area contributed by atoms with E-state index in [1.807, 2.05) is 37.3 Å². The van der Waals surface area contributed by atoms with E-state index in [1.165, 1.54) is 6.26 Å². The number of hydrogen-bond acceptors (Lipinski definition) is 4. The van der Waals surface area contributed by atoms with Crippen LogP contribution in [0, 0.1) is 0 Å². The number of carbonyl (C=O) groups is 1. The van der Waals surface area contributed by atoms with E-state index < -0.39 is 9.84 Å². The SMILES string of the molecule is CC[C@H](NC(=O)CCSc1ccccc1)c1ccc(S(C)(=O)=O)cc1. The van der Waals surface area contributed by atoms with Gasteiger partial charge in [-0.2, -0.15) is 0 Å². The highest BCUT2D eigenvalue weighted by Gasteiger charge is 2.14. The third-order valence-electron chi connectivity index (χ3n) is 3.80. The Kier molecular flexibility index (Phi) is 7.08. The lowest BCUT2D eigenvalue weighted by Crippen LogP contribution is -2.28. The predicted molar refractivity (Wildman–Crippen MR) is 103 cm³/mol. The smallest absolute Gasteiger partial charge is 0.221 e. The minimum absolute atomic E-state index is 0.00229. The summed E-state index contributed by atoms with van der Waals surface area (Å²) < 4.78 is 23.0. The highest BCUT2D eigenvalue weighted by Crippen LogP contribution is 2.21. The van der Waals surface area contributed by atoms with E-state index in [1.54, 1.807) is 36.0 Å². The van der Waals surface area contributed by atoms with Crippen molar-refractivity contribution in [3.63, 3.8) is 0 Å². The van der Waals surface area contributed by atoms with Gasteiger partial charge in [-0.15, -0.1) is 11.8 Å². The summed E-state index contributed by atoms with van der Waals surface area (Å²) in [7, 11) is -3.20. The highest BCUT2D eigenvalue weighted by molar-refractivity contribution is 7.99. The van der Waals surface area contributed by atoms with Gasteiger partial charge in [0.25, 0.3) is 0 Å². The maximum absolute atomic E-state index is 12.2. The average molecular weight is 378 g/mol. The fraction of sp³-hybridized carbons (Fsp3) is 0.316. The molecule has 0 fully saturated rings. The van der Waals surface area contributed by atoms with Crippen LogP contribution in [0.15, 0.2) is 64.4 Å². The molecule has 0 heterocycles. The van der Waals surface area contributed by atoms with Gasteiger partial charge in [-0.25, -0.2) is 8.42 Å². The molecule has 6 heteroatoms. The molecule has 4 nitrogen and oxygen atoms in total. The molecule has 25 heavy (non-hydrogen) atoms. The number of amides is 1. The molecule has 0 saturated heterocycles. The van der Waals surface area contributed by atoms with Gasteiger partial charge in [0.2, 0.25) is 5.91 Å². The molecule has 0 aliphatic rings. The van der Waals surface area contributed by atoms with Gasteiger partial charge >= 0.3 is 0 Å². The summed E-state index contributed by atoms with van der Waals surface area (Å²) >= 11 is 1.66. The van der Waals surface area contributed by atoms with Crippen LogP contribution in [-0.4, -0.2) is 26.3 Å². The number of rotatable bonds is 8. The summed E-state index contributed by atoms with van der Waals surface area (Å²) in [4.78, 5) is 13.6. The topological polar surface area (TPSA) is 63.2 Å². The Morgan fingerprint density at radius 1 is 1.08 bits per heavy atom. The van der Waals surface area contributed by atoms with Crippen LogP contribution in [0.2, 0.25) is 0 Å². The lowest BCUT2D eigenvalue weighted by Gasteiger charge is -2.18. The molecule has 0 aliphatic heterocycles. The standard InChI is InChI=1S/C19H23NO3S2/c1-3-18(15-9-11-17(12-10-15)25(2,22)23)20-19(21)13-14-24-16-7-5-4-6-8-16/h4-12,18H,3,13-14H2,1-2H3,(H,20,21)/t18-/m0/s1. The van der Waals surface area contributed by atoms with Crippen LogP contribution >= 0.6 is 11.8 Å². The second kappa shape index (κ2) is 9.06. The van der Waals surface area contributed by atoms with E-state index in [4.69, 9.17) is 0 Å². The van der Waals surface area contributed by atoms with E-state index in [-0.39, 0.29) is 16.8 Å². The van der Waals surface area contributed by atoms with Crippen molar-refractivity contribution < 1.29 is 13.2 Å². The van der Waals surface area contributed by atoms with Gasteiger partial charge in [0.05, 0.1) is 10.9 Å². The first kappa shape index (κ1) is 19.5. The van der Waals surface area contributed by atoms with Gasteiger partial charge in [-0.3, -0.25) is 4.79 Å². The van der Waals surface area contributed by atoms with Gasteiger partial charge in [0.15, 0.2) is 9.84 Å². The Balaban J connectivity index is 1.89. The third kappa shape index (κ3) is 6.21. The molecule has 2 aromatic rings. The number of thioether (sulfide) groups is 1. The molecule has 0 radical (unpaired) electrons. The van der Waals surface area contributed by atoms with Gasteiger partial charge in [-0.05, 0) is 36.2 Å². The lowest BCUT2D eigenvalue weighted by atomic mass is 10.0. The molecule has 2 aromatic carbocycles. The predicted octanol–water partition coefficient (Wildman–Crippen LogP) is 3.84. The summed E-state index contributed by atoms with van der Waals surface area (Å²) in [5, 5.41) is 3.03. The molecule has 2 rings (SSSR count). The van der Waals surface area contributed by atoms with E-state index in [9.17, 15) is 13.2 Å². The zero-order valence-corrected chi connectivity index (χ0v) is 16.1. The zero-order chi connectivity index (χ0) is 18.3. The number of hydrogen-bond donors (Lipinski definition) is 1. The van der Waals surface area contributed by atoms with Crippen LogP contribution < -0.4 is 5.32 Å². The molecule has 0 bridgehead atoms. The first-order valence-corrected chi connectivity index (χ1v) is 11.0. The van der Waals surface area contributed by atoms with Crippen molar-refractivity contribution in [1.29, 1.82) is 0 Å². The van der Waals surface area contributed by atoms with Crippen molar-refractivity contribution in [2.24, 2.45) is 0 Å². The van der Waals surface area contributed by atoms with Crippen LogP contribution in [0.3, 0.4) is 0 Å². The van der Waals surface area contributed by atoms with E-state index in [2.05, 4.69) is 5.32 Å². The molecule has 0 unspecified atom stereocenters. The molecule has 0 saturated carbocycles. The van der Waals surface area contributed by atoms with Crippen molar-refractivity contribution in [2.75, 3.05) is 12.0 Å². The van der Waals surface area contributed by atoms with Crippen molar-refractivity contribution in [2.45, 2.75) is 35.6 Å². The van der Waals surface area contributed by atoms with Crippen LogP contribution in [0.5, 0.6) is 0 Å². The van der Waals surface area contributed by atoms with Gasteiger partial charge < -0.3 is 5.32 Å². The van der Waals surface area contributed by atoms with Gasteiger partial charge in [0, 0.05) is 23.3 Å². The summed E-state index contributed by atoms with van der Waals surface area (Å²) in [6, 6.07) is 16.6. The summed E-state index contributed by atoms with van der Waals surface area (Å²) in [5.74, 6) is 0.724. The first-order valence-electron chi connectivity index (χ1n) is 8.17. The second-order valence-electron chi connectivity index (χ2n) is 5.78. The van der Waals surface area contributed by atoms with Crippen molar-refractivity contribution in [1.82, 2.24) is 5.32 Å². The third-order valence-corrected chi connectivity index (χ3v) is 5.94. The molecule has 0 spiro atoms. The van der Waals surface area contributed by atoms with Crippen molar-refractivity contribution in [3.8, 4) is 0 Å². The molecule has 1 atom stereocenters. The Hall–Kier alpha value is -1.79. The summed E-state index contributed by atoms with van der Waals surface area (Å²) in [6.07, 6.45) is 2.37. The summed E-state index contributed by atoms with van der Waals surface area (Å²) in [5.41, 5.74) is 0.916. The minimum atomic E-state index is -3.20. The molecular weight excluding hydrogens is 354 g/mol. The second-order valence-corrected chi connectivity index (χ2v) is 8.97. The summed E-state index contributed by atoms with van der Waals surface area (Å²) in [6.45, 7) is 1.99. The average Bonchev–Trinajstić information content (AvgIpc) is 2.60. The number of benzene rings is 2. The maximum Gasteiger partial charge on any atom is 0.221 e. The molecule has 1 N–H and O–H groups in total. The number of nitrogens with one attached hydrogen (secondary N) is 1. The lowest BCUT2D eigenvalue weighted by molar-refractivity contribution is -0.121. The first-order chi connectivity index (χ1) is 11.9. The number of carbonyl (C=O) groups excluding carboxylic acids is 1. The quantitative estimate of drug-likeness (QED) is 0.710. The molecule has 1 amide bonds. The molecular formula is C19H23NO3S2. The normalized spacial score (nSPS) is 12.6. The Bertz CT molecular complexity index is 787. The fourth-order valence-corrected chi connectivity index (χ4v) is 3.92. The van der Waals surface area contributed by atoms with Gasteiger partial charge in [-0.1, -0.05) is 37.3 Å². The largest absolute Gasteiger partial charge is 0.349 e. The monoisotopic (exact) mass is 377 g/mol. The Morgan fingerprint density at radius 3 is 2.28 bits per heavy atom. The zero-order valence-electron chi connectivity index (χ0n) is 14.4. The molecule has 134 valence electrons. The van der Waals surface area contributed by atoms with E-state index >= 15 is 0 Å². The van der Waals surface area contributed by atoms with Gasteiger partial charge in [0.1, 0.15) is 0 Å². The highest BCUT2D eigenvalue weighted by atomic mass is 32.2. The van der Waals surface area contributed by atoms with Crippen LogP contribution in [0.25, 0.3) is 0 Å².